The van der Waals surface area contributed by atoms with Gasteiger partial charge in [-0.1, -0.05) is 104 Å². The van der Waals surface area contributed by atoms with Crippen molar-refractivity contribution in [1.29, 1.82) is 10.5 Å². The van der Waals surface area contributed by atoms with E-state index in [0.29, 0.717) is 11.1 Å². The molecule has 0 radical (unpaired) electrons. The fraction of sp³-hybridized carbons (Fsp3) is 0.455. The molecule has 0 bridgehead atoms. The van der Waals surface area contributed by atoms with Gasteiger partial charge in [0, 0.05) is 37.6 Å². The highest BCUT2D eigenvalue weighted by molar-refractivity contribution is 5.84. The maximum atomic E-state index is 10.3. The van der Waals surface area contributed by atoms with Crippen LogP contribution < -0.4 is 9.80 Å². The van der Waals surface area contributed by atoms with E-state index < -0.39 is 0 Å². The Bertz CT molecular complexity index is 1820. The molecule has 4 aliphatic heterocycles. The van der Waals surface area contributed by atoms with Crippen molar-refractivity contribution in [3.05, 3.63) is 92.0 Å². The molecule has 0 atom stereocenters. The summed E-state index contributed by atoms with van der Waals surface area (Å²) < 4.78 is 0. The van der Waals surface area contributed by atoms with Crippen LogP contribution in [0.3, 0.4) is 0 Å². The van der Waals surface area contributed by atoms with Crippen molar-refractivity contribution in [1.82, 2.24) is 0 Å². The van der Waals surface area contributed by atoms with Gasteiger partial charge in [0.1, 0.15) is 0 Å². The average molecular weight is 635 g/mol. The minimum Gasteiger partial charge on any atom is -0.371 e. The summed E-state index contributed by atoms with van der Waals surface area (Å²) >= 11 is 0. The van der Waals surface area contributed by atoms with Crippen molar-refractivity contribution < 1.29 is 0 Å². The molecule has 0 unspecified atom stereocenters. The van der Waals surface area contributed by atoms with Crippen LogP contribution in [0.5, 0.6) is 0 Å². The summed E-state index contributed by atoms with van der Waals surface area (Å²) in [5.41, 5.74) is 14.1. The summed E-state index contributed by atoms with van der Waals surface area (Å²) in [5, 5.41) is 20.6. The number of benzene rings is 3. The van der Waals surface area contributed by atoms with E-state index >= 15 is 0 Å². The maximum absolute atomic E-state index is 10.3. The first-order valence-electron chi connectivity index (χ1n) is 17.9. The molecule has 3 aromatic carbocycles. The van der Waals surface area contributed by atoms with Gasteiger partial charge in [-0.15, -0.1) is 0 Å². The van der Waals surface area contributed by atoms with Crippen molar-refractivity contribution in [2.45, 2.75) is 103 Å². The number of nitriles is 2. The smallest absolute Gasteiger partial charge is 0.0998 e. The minimum absolute atomic E-state index is 0.0524. The monoisotopic (exact) mass is 634 g/mol. The number of hydrogen-bond donors (Lipinski definition) is 0. The lowest BCUT2D eigenvalue weighted by Crippen LogP contribution is -2.45. The molecule has 0 N–H and O–H groups in total. The molecule has 0 aromatic heterocycles. The predicted octanol–water partition coefficient (Wildman–Crippen LogP) is 10.1. The van der Waals surface area contributed by atoms with Gasteiger partial charge in [-0.3, -0.25) is 0 Å². The van der Waals surface area contributed by atoms with Crippen molar-refractivity contribution in [3.63, 3.8) is 0 Å². The van der Waals surface area contributed by atoms with Crippen LogP contribution in [0.2, 0.25) is 0 Å². The number of rotatable bonds is 4. The molecule has 0 fully saturated rings. The summed E-state index contributed by atoms with van der Waals surface area (Å²) in [5.74, 6) is 0. The summed E-state index contributed by atoms with van der Waals surface area (Å²) in [4.78, 5) is 5.18. The summed E-state index contributed by atoms with van der Waals surface area (Å²) in [7, 11) is 0. The lowest BCUT2D eigenvalue weighted by atomic mass is 9.68. The van der Waals surface area contributed by atoms with E-state index in [-0.39, 0.29) is 21.7 Å². The van der Waals surface area contributed by atoms with Crippen molar-refractivity contribution in [2.75, 3.05) is 36.0 Å². The normalized spacial score (nSPS) is 21.0. The molecule has 0 amide bonds. The Kier molecular flexibility index (Phi) is 7.49. The van der Waals surface area contributed by atoms with Gasteiger partial charge in [0.15, 0.2) is 0 Å². The molecule has 0 aliphatic carbocycles. The summed E-state index contributed by atoms with van der Waals surface area (Å²) in [6.07, 6.45) is 13.0. The van der Waals surface area contributed by atoms with Gasteiger partial charge < -0.3 is 9.80 Å². The highest BCUT2D eigenvalue weighted by Crippen LogP contribution is 2.52. The van der Waals surface area contributed by atoms with Gasteiger partial charge >= 0.3 is 0 Å². The highest BCUT2D eigenvalue weighted by Gasteiger charge is 2.42. The fourth-order valence-corrected chi connectivity index (χ4v) is 8.97. The Morgan fingerprint density at radius 3 is 1.19 bits per heavy atom. The van der Waals surface area contributed by atoms with Crippen molar-refractivity contribution >= 4 is 35.7 Å². The van der Waals surface area contributed by atoms with Crippen molar-refractivity contribution in [3.8, 4) is 12.1 Å². The molecule has 4 heterocycles. The molecule has 0 saturated carbocycles. The topological polar surface area (TPSA) is 54.1 Å². The van der Waals surface area contributed by atoms with E-state index in [9.17, 15) is 10.5 Å². The van der Waals surface area contributed by atoms with Crippen LogP contribution in [0.1, 0.15) is 137 Å². The lowest BCUT2D eigenvalue weighted by Gasteiger charge is -2.48. The minimum atomic E-state index is 0.0524. The number of anilines is 2. The third-order valence-corrected chi connectivity index (χ3v) is 12.2. The van der Waals surface area contributed by atoms with Crippen LogP contribution in [0.4, 0.5) is 11.4 Å². The first-order chi connectivity index (χ1) is 22.7. The van der Waals surface area contributed by atoms with Crippen LogP contribution in [0.15, 0.2) is 36.4 Å². The summed E-state index contributed by atoms with van der Waals surface area (Å²) in [6, 6.07) is 17.8. The molecule has 0 spiro atoms. The molecule has 4 nitrogen and oxygen atoms in total. The van der Waals surface area contributed by atoms with Gasteiger partial charge in [0.05, 0.1) is 23.3 Å². The zero-order valence-electron chi connectivity index (χ0n) is 30.2. The van der Waals surface area contributed by atoms with Gasteiger partial charge in [0.25, 0.3) is 0 Å². The molecular formula is C44H50N4. The van der Waals surface area contributed by atoms with Crippen LogP contribution in [-0.4, -0.2) is 26.2 Å². The van der Waals surface area contributed by atoms with Crippen LogP contribution >= 0.6 is 0 Å². The first-order valence-corrected chi connectivity index (χ1v) is 17.9. The summed E-state index contributed by atoms with van der Waals surface area (Å²) in [6.45, 7) is 23.3. The third-order valence-electron chi connectivity index (χ3n) is 12.2. The van der Waals surface area contributed by atoms with Crippen LogP contribution in [0.25, 0.3) is 24.3 Å². The quantitative estimate of drug-likeness (QED) is 0.268. The lowest BCUT2D eigenvalue weighted by molar-refractivity contribution is 0.401. The first kappa shape index (κ1) is 32.3. The maximum Gasteiger partial charge on any atom is 0.0998 e. The van der Waals surface area contributed by atoms with Crippen LogP contribution in [-0.2, 0) is 21.7 Å². The van der Waals surface area contributed by atoms with E-state index in [2.05, 4.69) is 114 Å². The van der Waals surface area contributed by atoms with E-state index in [1.54, 1.807) is 0 Å². The largest absolute Gasteiger partial charge is 0.371 e. The van der Waals surface area contributed by atoms with Gasteiger partial charge in [0.2, 0.25) is 0 Å². The zero-order valence-corrected chi connectivity index (χ0v) is 30.2. The Hall–Kier alpha value is -4.28. The molecule has 3 aromatic rings. The molecule has 48 heavy (non-hydrogen) atoms. The van der Waals surface area contributed by atoms with Gasteiger partial charge in [-0.05, 0) is 104 Å². The zero-order chi connectivity index (χ0) is 34.2. The second-order valence-electron chi connectivity index (χ2n) is 17.3. The standard InChI is InChI=1S/C44H50N4/c1-41(2)17-21-47-23-19-43(5,6)37-29(13-15-35(41)39(37)47)9-11-31-25-34(28-46)32(26-33(31)27-45)12-10-30-14-16-36-40-38(30)44(7,8)20-24-48(40)22-18-42(36,3)4/h9-16,25-26H,17-24H2,1-8H3/b11-9+,12-10+. The third kappa shape index (κ3) is 5.17. The van der Waals surface area contributed by atoms with Crippen molar-refractivity contribution in [2.24, 2.45) is 0 Å². The Morgan fingerprint density at radius 2 is 0.833 bits per heavy atom. The molecule has 4 heteroatoms. The molecular weight excluding hydrogens is 585 g/mol. The van der Waals surface area contributed by atoms with E-state index in [1.165, 1.54) is 57.6 Å². The molecule has 7 rings (SSSR count). The molecule has 246 valence electrons. The second kappa shape index (κ2) is 11.1. The van der Waals surface area contributed by atoms with E-state index in [1.807, 2.05) is 24.3 Å². The SMILES string of the molecule is CC1(C)CCN2CCC(C)(C)c3c(/C=C/c4cc(C#N)c(/C=C/c5ccc6c7c5C(C)(C)CCN7CCC6(C)C)cc4C#N)ccc1c32. The second-order valence-corrected chi connectivity index (χ2v) is 17.3. The van der Waals surface area contributed by atoms with Gasteiger partial charge in [-0.2, -0.15) is 10.5 Å². The van der Waals surface area contributed by atoms with Gasteiger partial charge in [-0.25, -0.2) is 0 Å². The van der Waals surface area contributed by atoms with E-state index in [4.69, 9.17) is 0 Å². The predicted molar refractivity (Wildman–Crippen MR) is 202 cm³/mol. The average Bonchev–Trinajstić information content (AvgIpc) is 3.04. The van der Waals surface area contributed by atoms with E-state index in [0.717, 1.165) is 50.1 Å². The molecule has 4 aliphatic rings. The number of nitrogens with zero attached hydrogens (tertiary/aromatic N) is 4. The molecule has 0 saturated heterocycles. The Balaban J connectivity index is 1.27. The highest BCUT2D eigenvalue weighted by atomic mass is 15.2. The Morgan fingerprint density at radius 1 is 0.500 bits per heavy atom. The fourth-order valence-electron chi connectivity index (χ4n) is 8.97. The number of hydrogen-bond acceptors (Lipinski definition) is 4. The Labute approximate surface area is 288 Å². The van der Waals surface area contributed by atoms with Crippen LogP contribution in [0, 0.1) is 22.7 Å².